The number of fused-ring (bicyclic) bond motifs is 1. The van der Waals surface area contributed by atoms with Gasteiger partial charge in [-0.1, -0.05) is 67.6 Å². The quantitative estimate of drug-likeness (QED) is 0.353. The Morgan fingerprint density at radius 2 is 1.81 bits per heavy atom. The van der Waals surface area contributed by atoms with Crippen molar-refractivity contribution in [2.45, 2.75) is 13.3 Å². The van der Waals surface area contributed by atoms with Crippen molar-refractivity contribution in [3.63, 3.8) is 0 Å². The molecule has 1 aromatic heterocycles. The van der Waals surface area contributed by atoms with Gasteiger partial charge >= 0.3 is 0 Å². The van der Waals surface area contributed by atoms with Gasteiger partial charge < -0.3 is 0 Å². The molecular formula is C22H19N3S. The van der Waals surface area contributed by atoms with E-state index in [1.54, 1.807) is 11.3 Å². The Kier molecular flexibility index (Phi) is 4.75. The third-order valence-electron chi connectivity index (χ3n) is 4.35. The SMILES string of the molecule is CCc1ccccc1/C=N/Nc1nc(-c2ccc3ccccc3c2)cs1. The van der Waals surface area contributed by atoms with Gasteiger partial charge in [0.05, 0.1) is 11.9 Å². The molecule has 0 bridgehead atoms. The van der Waals surface area contributed by atoms with Crippen LogP contribution in [0.25, 0.3) is 22.0 Å². The molecule has 0 saturated carbocycles. The van der Waals surface area contributed by atoms with Gasteiger partial charge in [0.15, 0.2) is 0 Å². The average molecular weight is 357 g/mol. The zero-order valence-corrected chi connectivity index (χ0v) is 15.3. The van der Waals surface area contributed by atoms with E-state index in [2.05, 4.69) is 88.5 Å². The first kappa shape index (κ1) is 16.5. The van der Waals surface area contributed by atoms with E-state index in [4.69, 9.17) is 0 Å². The molecule has 0 aliphatic rings. The number of hydrogen-bond donors (Lipinski definition) is 1. The van der Waals surface area contributed by atoms with Gasteiger partial charge in [0.25, 0.3) is 0 Å². The maximum atomic E-state index is 4.65. The van der Waals surface area contributed by atoms with Crippen molar-refractivity contribution in [1.82, 2.24) is 4.98 Å². The third-order valence-corrected chi connectivity index (χ3v) is 5.10. The second kappa shape index (κ2) is 7.50. The molecule has 0 amide bonds. The van der Waals surface area contributed by atoms with Gasteiger partial charge in [-0.3, -0.25) is 5.43 Å². The van der Waals surface area contributed by atoms with Crippen LogP contribution in [0, 0.1) is 0 Å². The molecule has 3 aromatic carbocycles. The maximum absolute atomic E-state index is 4.65. The summed E-state index contributed by atoms with van der Waals surface area (Å²) in [5, 5.41) is 9.66. The highest BCUT2D eigenvalue weighted by atomic mass is 32.1. The Morgan fingerprint density at radius 3 is 2.69 bits per heavy atom. The van der Waals surface area contributed by atoms with Crippen molar-refractivity contribution < 1.29 is 0 Å². The topological polar surface area (TPSA) is 37.3 Å². The van der Waals surface area contributed by atoms with Crippen LogP contribution in [-0.2, 0) is 6.42 Å². The number of thiazole rings is 1. The first-order valence-corrected chi connectivity index (χ1v) is 9.53. The Bertz CT molecular complexity index is 1070. The molecule has 0 aliphatic carbocycles. The van der Waals surface area contributed by atoms with Crippen molar-refractivity contribution in [3.8, 4) is 11.3 Å². The van der Waals surface area contributed by atoms with Crippen LogP contribution in [0.1, 0.15) is 18.1 Å². The maximum Gasteiger partial charge on any atom is 0.203 e. The fourth-order valence-corrected chi connectivity index (χ4v) is 3.61. The summed E-state index contributed by atoms with van der Waals surface area (Å²) < 4.78 is 0. The number of rotatable bonds is 5. The highest BCUT2D eigenvalue weighted by Crippen LogP contribution is 2.27. The largest absolute Gasteiger partial charge is 0.253 e. The molecule has 0 radical (unpaired) electrons. The normalized spacial score (nSPS) is 11.3. The van der Waals surface area contributed by atoms with E-state index in [9.17, 15) is 0 Å². The minimum absolute atomic E-state index is 0.790. The molecule has 4 aromatic rings. The lowest BCUT2D eigenvalue weighted by Gasteiger charge is -2.01. The summed E-state index contributed by atoms with van der Waals surface area (Å²) in [6.45, 7) is 2.15. The fourth-order valence-electron chi connectivity index (χ4n) is 2.95. The number of benzene rings is 3. The Hall–Kier alpha value is -2.98. The Labute approximate surface area is 157 Å². The lowest BCUT2D eigenvalue weighted by atomic mass is 10.1. The minimum atomic E-state index is 0.790. The number of hydrogen-bond acceptors (Lipinski definition) is 4. The molecule has 0 aliphatic heterocycles. The van der Waals surface area contributed by atoms with E-state index in [0.29, 0.717) is 0 Å². The molecule has 0 saturated heterocycles. The molecular weight excluding hydrogens is 338 g/mol. The summed E-state index contributed by atoms with van der Waals surface area (Å²) >= 11 is 1.56. The van der Waals surface area contributed by atoms with Crippen molar-refractivity contribution in [2.24, 2.45) is 5.10 Å². The van der Waals surface area contributed by atoms with Crippen LogP contribution in [0.4, 0.5) is 5.13 Å². The van der Waals surface area contributed by atoms with Gasteiger partial charge in [-0.25, -0.2) is 4.98 Å². The van der Waals surface area contributed by atoms with Crippen LogP contribution in [0.15, 0.2) is 77.2 Å². The van der Waals surface area contributed by atoms with Crippen molar-refractivity contribution in [3.05, 3.63) is 83.2 Å². The van der Waals surface area contributed by atoms with E-state index in [1.807, 2.05) is 12.3 Å². The van der Waals surface area contributed by atoms with Crippen molar-refractivity contribution in [1.29, 1.82) is 0 Å². The molecule has 26 heavy (non-hydrogen) atoms. The first-order chi connectivity index (χ1) is 12.8. The van der Waals surface area contributed by atoms with Crippen molar-refractivity contribution >= 4 is 33.5 Å². The zero-order valence-electron chi connectivity index (χ0n) is 14.5. The molecule has 0 spiro atoms. The highest BCUT2D eigenvalue weighted by molar-refractivity contribution is 7.14. The van der Waals surface area contributed by atoms with Crippen LogP contribution in [0.3, 0.4) is 0 Å². The smallest absolute Gasteiger partial charge is 0.203 e. The molecule has 3 nitrogen and oxygen atoms in total. The van der Waals surface area contributed by atoms with E-state index >= 15 is 0 Å². The van der Waals surface area contributed by atoms with Gasteiger partial charge in [-0.05, 0) is 34.4 Å². The molecule has 1 N–H and O–H groups in total. The number of nitrogens with zero attached hydrogens (tertiary/aromatic N) is 2. The summed E-state index contributed by atoms with van der Waals surface area (Å²) in [6.07, 6.45) is 2.85. The minimum Gasteiger partial charge on any atom is -0.253 e. The zero-order chi connectivity index (χ0) is 17.8. The van der Waals surface area contributed by atoms with Gasteiger partial charge in [0.2, 0.25) is 5.13 Å². The van der Waals surface area contributed by atoms with Gasteiger partial charge in [-0.2, -0.15) is 5.10 Å². The van der Waals surface area contributed by atoms with Crippen LogP contribution >= 0.6 is 11.3 Å². The van der Waals surface area contributed by atoms with Crippen LogP contribution in [-0.4, -0.2) is 11.2 Å². The molecule has 4 heteroatoms. The standard InChI is InChI=1S/C22H19N3S/c1-2-16-7-3-6-10-20(16)14-23-25-22-24-21(15-26-22)19-12-11-17-8-4-5-9-18(17)13-19/h3-15H,2H2,1H3,(H,24,25)/b23-14+. The lowest BCUT2D eigenvalue weighted by molar-refractivity contribution is 1.13. The van der Waals surface area contributed by atoms with Gasteiger partial charge in [-0.15, -0.1) is 11.3 Å². The number of aromatic nitrogens is 1. The Balaban J connectivity index is 1.51. The van der Waals surface area contributed by atoms with Gasteiger partial charge in [0.1, 0.15) is 0 Å². The number of hydrazone groups is 1. The van der Waals surface area contributed by atoms with E-state index < -0.39 is 0 Å². The molecule has 0 fully saturated rings. The number of aryl methyl sites for hydroxylation is 1. The van der Waals surface area contributed by atoms with Crippen molar-refractivity contribution in [2.75, 3.05) is 5.43 Å². The van der Waals surface area contributed by atoms with Gasteiger partial charge in [0, 0.05) is 10.9 Å². The summed E-state index contributed by atoms with van der Waals surface area (Å²) in [5.74, 6) is 0. The molecule has 128 valence electrons. The van der Waals surface area contributed by atoms with E-state index in [0.717, 1.165) is 28.4 Å². The van der Waals surface area contributed by atoms with Crippen LogP contribution in [0.5, 0.6) is 0 Å². The summed E-state index contributed by atoms with van der Waals surface area (Å²) in [6, 6.07) is 23.1. The predicted molar refractivity (Wildman–Crippen MR) is 112 cm³/mol. The Morgan fingerprint density at radius 1 is 1.00 bits per heavy atom. The lowest BCUT2D eigenvalue weighted by Crippen LogP contribution is -1.94. The average Bonchev–Trinajstić information content (AvgIpc) is 3.17. The molecule has 0 unspecified atom stereocenters. The summed E-state index contributed by atoms with van der Waals surface area (Å²) in [7, 11) is 0. The third kappa shape index (κ3) is 3.51. The van der Waals surface area contributed by atoms with E-state index in [-0.39, 0.29) is 0 Å². The number of nitrogens with one attached hydrogen (secondary N) is 1. The monoisotopic (exact) mass is 357 g/mol. The van der Waals surface area contributed by atoms with Crippen LogP contribution in [0.2, 0.25) is 0 Å². The van der Waals surface area contributed by atoms with E-state index in [1.165, 1.54) is 16.3 Å². The molecule has 1 heterocycles. The number of anilines is 1. The second-order valence-electron chi connectivity index (χ2n) is 6.02. The first-order valence-electron chi connectivity index (χ1n) is 8.65. The predicted octanol–water partition coefficient (Wildman–Crippen LogP) is 5.97. The molecule has 0 atom stereocenters. The highest BCUT2D eigenvalue weighted by Gasteiger charge is 2.05. The van der Waals surface area contributed by atoms with Crippen LogP contribution < -0.4 is 5.43 Å². The summed E-state index contributed by atoms with van der Waals surface area (Å²) in [5.41, 5.74) is 7.55. The second-order valence-corrected chi connectivity index (χ2v) is 6.88. The summed E-state index contributed by atoms with van der Waals surface area (Å²) in [4.78, 5) is 4.65. The fraction of sp³-hybridized carbons (Fsp3) is 0.0909. The molecule has 4 rings (SSSR count).